The first-order valence-corrected chi connectivity index (χ1v) is 6.70. The number of nitrogens with two attached hydrogens (primary N) is 1. The monoisotopic (exact) mass is 328 g/mol. The van der Waals surface area contributed by atoms with Crippen molar-refractivity contribution in [3.63, 3.8) is 0 Å². The van der Waals surface area contributed by atoms with E-state index >= 15 is 0 Å². The zero-order chi connectivity index (χ0) is 15.6. The minimum absolute atomic E-state index is 0.101. The van der Waals surface area contributed by atoms with Crippen LogP contribution in [0, 0.1) is 6.92 Å². The quantitative estimate of drug-likeness (QED) is 0.836. The van der Waals surface area contributed by atoms with Crippen LogP contribution in [0.5, 0.6) is 11.5 Å². The van der Waals surface area contributed by atoms with E-state index in [1.807, 2.05) is 0 Å². The number of nitrogen functional groups attached to an aromatic ring is 1. The Bertz CT molecular complexity index is 680. The van der Waals surface area contributed by atoms with Gasteiger partial charge in [0, 0.05) is 12.1 Å². The van der Waals surface area contributed by atoms with Crippen molar-refractivity contribution in [1.29, 1.82) is 0 Å². The third-order valence-electron chi connectivity index (χ3n) is 2.84. The van der Waals surface area contributed by atoms with Gasteiger partial charge in [0.1, 0.15) is 11.5 Å². The lowest BCUT2D eigenvalue weighted by Crippen LogP contribution is -2.05. The van der Waals surface area contributed by atoms with E-state index < -0.39 is 0 Å². The third-order valence-corrected chi connectivity index (χ3v) is 3.30. The summed E-state index contributed by atoms with van der Waals surface area (Å²) < 4.78 is 10.5. The molecule has 2 aromatic rings. The van der Waals surface area contributed by atoms with Crippen molar-refractivity contribution in [3.8, 4) is 11.5 Å². The topological polar surface area (TPSA) is 82.3 Å². The van der Waals surface area contributed by atoms with Crippen molar-refractivity contribution < 1.29 is 9.47 Å². The summed E-state index contributed by atoms with van der Waals surface area (Å²) in [7, 11) is 3.06. The molecule has 3 N–H and O–H groups in total. The molecule has 0 aliphatic heterocycles. The molecule has 0 radical (unpaired) electrons. The summed E-state index contributed by atoms with van der Waals surface area (Å²) >= 11 is 11.9. The molecule has 112 valence electrons. The number of ether oxygens (including phenoxy) is 2. The number of halogens is 2. The van der Waals surface area contributed by atoms with Gasteiger partial charge in [0.05, 0.1) is 36.3 Å². The Kier molecular flexibility index (Phi) is 4.59. The second kappa shape index (κ2) is 6.24. The number of hydrogen-bond donors (Lipinski definition) is 2. The van der Waals surface area contributed by atoms with Crippen molar-refractivity contribution in [2.45, 2.75) is 6.92 Å². The molecule has 8 heteroatoms. The maximum atomic E-state index is 6.06. The maximum Gasteiger partial charge on any atom is 0.224 e. The number of hydrogen-bond acceptors (Lipinski definition) is 6. The molecular formula is C13H14Cl2N4O2. The van der Waals surface area contributed by atoms with Crippen LogP contribution in [-0.4, -0.2) is 24.2 Å². The lowest BCUT2D eigenvalue weighted by Gasteiger charge is -2.15. The Morgan fingerprint density at radius 3 is 2.38 bits per heavy atom. The maximum absolute atomic E-state index is 6.06. The standard InChI is InChI=1S/C13H14Cl2N4O2/c1-6-11(16)12(19-13(15)17-6)18-8-5-9(20-2)7(14)4-10(8)21-3/h4-5H,16H2,1-3H3,(H,17,18,19). The van der Waals surface area contributed by atoms with E-state index in [1.54, 1.807) is 19.1 Å². The summed E-state index contributed by atoms with van der Waals surface area (Å²) in [5.74, 6) is 1.40. The van der Waals surface area contributed by atoms with E-state index in [0.717, 1.165) is 0 Å². The predicted octanol–water partition coefficient (Wildman–Crippen LogP) is 3.43. The number of methoxy groups -OCH3 is 2. The van der Waals surface area contributed by atoms with Crippen molar-refractivity contribution in [1.82, 2.24) is 9.97 Å². The molecule has 0 atom stereocenters. The van der Waals surface area contributed by atoms with Gasteiger partial charge in [-0.05, 0) is 18.5 Å². The van der Waals surface area contributed by atoms with Gasteiger partial charge in [-0.3, -0.25) is 0 Å². The molecule has 1 heterocycles. The van der Waals surface area contributed by atoms with Gasteiger partial charge in [-0.15, -0.1) is 0 Å². The second-order valence-electron chi connectivity index (χ2n) is 4.15. The van der Waals surface area contributed by atoms with Crippen LogP contribution < -0.4 is 20.5 Å². The number of anilines is 3. The number of rotatable bonds is 4. The number of aromatic nitrogens is 2. The van der Waals surface area contributed by atoms with Crippen LogP contribution in [0.2, 0.25) is 10.3 Å². The van der Waals surface area contributed by atoms with E-state index in [9.17, 15) is 0 Å². The summed E-state index contributed by atoms with van der Waals surface area (Å²) in [6.45, 7) is 1.74. The molecule has 0 spiro atoms. The molecule has 0 aliphatic carbocycles. The largest absolute Gasteiger partial charge is 0.495 e. The van der Waals surface area contributed by atoms with E-state index in [4.69, 9.17) is 38.4 Å². The summed E-state index contributed by atoms with van der Waals surface area (Å²) in [4.78, 5) is 8.05. The SMILES string of the molecule is COc1cc(Nc2nc(Cl)nc(C)c2N)c(OC)cc1Cl. The average Bonchev–Trinajstić information content (AvgIpc) is 2.45. The molecule has 0 bridgehead atoms. The zero-order valence-corrected chi connectivity index (χ0v) is 13.2. The van der Waals surface area contributed by atoms with Crippen LogP contribution in [0.15, 0.2) is 12.1 Å². The highest BCUT2D eigenvalue weighted by Crippen LogP contribution is 2.38. The molecule has 0 saturated heterocycles. The molecule has 0 saturated carbocycles. The fraction of sp³-hybridized carbons (Fsp3) is 0.231. The summed E-state index contributed by atoms with van der Waals surface area (Å²) in [6.07, 6.45) is 0. The van der Waals surface area contributed by atoms with Gasteiger partial charge in [0.15, 0.2) is 5.82 Å². The number of aryl methyl sites for hydroxylation is 1. The Balaban J connectivity index is 2.48. The first-order valence-electron chi connectivity index (χ1n) is 5.94. The normalized spacial score (nSPS) is 10.3. The Morgan fingerprint density at radius 1 is 1.10 bits per heavy atom. The van der Waals surface area contributed by atoms with Crippen molar-refractivity contribution in [3.05, 3.63) is 28.1 Å². The first kappa shape index (κ1) is 15.5. The summed E-state index contributed by atoms with van der Waals surface area (Å²) in [6, 6.07) is 3.32. The van der Waals surface area contributed by atoms with Crippen LogP contribution in [0.1, 0.15) is 5.69 Å². The average molecular weight is 329 g/mol. The fourth-order valence-corrected chi connectivity index (χ4v) is 2.17. The molecule has 0 aliphatic rings. The molecule has 21 heavy (non-hydrogen) atoms. The molecule has 0 fully saturated rings. The van der Waals surface area contributed by atoms with Crippen LogP contribution in [0.4, 0.5) is 17.2 Å². The number of nitrogens with one attached hydrogen (secondary N) is 1. The summed E-state index contributed by atoms with van der Waals surface area (Å²) in [5.41, 5.74) is 7.52. The molecule has 0 unspecified atom stereocenters. The molecule has 2 rings (SSSR count). The fourth-order valence-electron chi connectivity index (χ4n) is 1.73. The molecule has 1 aromatic carbocycles. The highest BCUT2D eigenvalue weighted by Gasteiger charge is 2.14. The van der Waals surface area contributed by atoms with Crippen molar-refractivity contribution in [2.75, 3.05) is 25.3 Å². The van der Waals surface area contributed by atoms with Gasteiger partial charge in [-0.25, -0.2) is 4.98 Å². The lowest BCUT2D eigenvalue weighted by molar-refractivity contribution is 0.405. The van der Waals surface area contributed by atoms with Crippen LogP contribution in [0.3, 0.4) is 0 Å². The third kappa shape index (κ3) is 3.22. The van der Waals surface area contributed by atoms with Crippen LogP contribution in [-0.2, 0) is 0 Å². The van der Waals surface area contributed by atoms with Gasteiger partial charge in [0.2, 0.25) is 5.28 Å². The molecular weight excluding hydrogens is 315 g/mol. The molecule has 6 nitrogen and oxygen atoms in total. The number of nitrogens with zero attached hydrogens (tertiary/aromatic N) is 2. The van der Waals surface area contributed by atoms with E-state index in [1.165, 1.54) is 14.2 Å². The van der Waals surface area contributed by atoms with E-state index in [-0.39, 0.29) is 5.28 Å². The van der Waals surface area contributed by atoms with Crippen LogP contribution in [0.25, 0.3) is 0 Å². The van der Waals surface area contributed by atoms with Gasteiger partial charge >= 0.3 is 0 Å². The van der Waals surface area contributed by atoms with Gasteiger partial charge in [0.25, 0.3) is 0 Å². The minimum atomic E-state index is 0.101. The Morgan fingerprint density at radius 2 is 1.76 bits per heavy atom. The van der Waals surface area contributed by atoms with E-state index in [0.29, 0.717) is 39.4 Å². The van der Waals surface area contributed by atoms with Crippen LogP contribution >= 0.6 is 23.2 Å². The van der Waals surface area contributed by atoms with Crippen molar-refractivity contribution >= 4 is 40.4 Å². The molecule has 1 aromatic heterocycles. The van der Waals surface area contributed by atoms with Gasteiger partial charge in [-0.1, -0.05) is 11.6 Å². The highest BCUT2D eigenvalue weighted by atomic mass is 35.5. The first-order chi connectivity index (χ1) is 9.96. The van der Waals surface area contributed by atoms with E-state index in [2.05, 4.69) is 15.3 Å². The smallest absolute Gasteiger partial charge is 0.224 e. The highest BCUT2D eigenvalue weighted by molar-refractivity contribution is 6.32. The number of benzene rings is 1. The van der Waals surface area contributed by atoms with Gasteiger partial charge in [-0.2, -0.15) is 4.98 Å². The Labute approximate surface area is 132 Å². The molecule has 0 amide bonds. The zero-order valence-electron chi connectivity index (χ0n) is 11.7. The summed E-state index contributed by atoms with van der Waals surface area (Å²) in [5, 5.41) is 3.59. The van der Waals surface area contributed by atoms with Crippen molar-refractivity contribution in [2.24, 2.45) is 0 Å². The second-order valence-corrected chi connectivity index (χ2v) is 4.90. The predicted molar refractivity (Wildman–Crippen MR) is 84.0 cm³/mol. The van der Waals surface area contributed by atoms with Gasteiger partial charge < -0.3 is 20.5 Å². The Hall–Kier alpha value is -1.92. The minimum Gasteiger partial charge on any atom is -0.495 e. The lowest BCUT2D eigenvalue weighted by atomic mass is 10.2.